The van der Waals surface area contributed by atoms with Gasteiger partial charge in [-0.25, -0.2) is 0 Å². The molecule has 1 fully saturated rings. The molecular weight excluding hydrogens is 288 g/mol. The number of amidine groups is 1. The highest BCUT2D eigenvalue weighted by Gasteiger charge is 2.23. The van der Waals surface area contributed by atoms with Crippen molar-refractivity contribution in [2.24, 2.45) is 16.8 Å². The van der Waals surface area contributed by atoms with Crippen LogP contribution in [-0.2, 0) is 0 Å². The quantitative estimate of drug-likeness (QED) is 0.387. The van der Waals surface area contributed by atoms with Crippen LogP contribution in [-0.4, -0.2) is 49.7 Å². The molecule has 21 heavy (non-hydrogen) atoms. The summed E-state index contributed by atoms with van der Waals surface area (Å²) in [5, 5.41) is 12.6. The van der Waals surface area contributed by atoms with E-state index in [0.29, 0.717) is 10.6 Å². The van der Waals surface area contributed by atoms with Gasteiger partial charge in [0.15, 0.2) is 5.84 Å². The molecule has 0 aromatic heterocycles. The number of rotatable bonds is 4. The van der Waals surface area contributed by atoms with Gasteiger partial charge in [-0.05, 0) is 45.0 Å². The van der Waals surface area contributed by atoms with Crippen molar-refractivity contribution in [2.45, 2.75) is 12.8 Å². The second-order valence-electron chi connectivity index (χ2n) is 5.81. The van der Waals surface area contributed by atoms with Gasteiger partial charge in [0.2, 0.25) is 0 Å². The van der Waals surface area contributed by atoms with E-state index in [4.69, 9.17) is 22.5 Å². The highest BCUT2D eigenvalue weighted by molar-refractivity contribution is 6.34. The van der Waals surface area contributed by atoms with Gasteiger partial charge in [0, 0.05) is 25.3 Å². The third-order valence-corrected chi connectivity index (χ3v) is 4.25. The number of nitrogens with zero attached hydrogens (tertiary/aromatic N) is 3. The first kappa shape index (κ1) is 15.9. The topological polar surface area (TPSA) is 65.1 Å². The number of anilines is 1. The zero-order valence-electron chi connectivity index (χ0n) is 12.6. The summed E-state index contributed by atoms with van der Waals surface area (Å²) in [6, 6.07) is 5.64. The largest absolute Gasteiger partial charge is 0.409 e. The van der Waals surface area contributed by atoms with Crippen LogP contribution in [0.4, 0.5) is 5.69 Å². The number of halogens is 1. The van der Waals surface area contributed by atoms with Crippen LogP contribution in [0.1, 0.15) is 18.4 Å². The summed E-state index contributed by atoms with van der Waals surface area (Å²) in [5.41, 5.74) is 7.34. The van der Waals surface area contributed by atoms with Gasteiger partial charge in [0.1, 0.15) is 0 Å². The van der Waals surface area contributed by atoms with Gasteiger partial charge in [0.25, 0.3) is 0 Å². The Morgan fingerprint density at radius 1 is 1.43 bits per heavy atom. The molecule has 0 radical (unpaired) electrons. The Hall–Kier alpha value is -1.46. The van der Waals surface area contributed by atoms with Crippen molar-refractivity contribution in [1.82, 2.24) is 4.90 Å². The molecule has 2 rings (SSSR count). The SMILES string of the molecule is CN(C)CC1CCN(c2cccc(Cl)c2C(N)=NO)CC1. The Morgan fingerprint density at radius 3 is 2.67 bits per heavy atom. The maximum atomic E-state index is 8.96. The zero-order valence-corrected chi connectivity index (χ0v) is 13.3. The average Bonchev–Trinajstić information content (AvgIpc) is 2.46. The van der Waals surface area contributed by atoms with Crippen LogP contribution in [0.25, 0.3) is 0 Å². The Bertz CT molecular complexity index is 510. The van der Waals surface area contributed by atoms with E-state index in [1.165, 1.54) is 0 Å². The minimum atomic E-state index is 0.0611. The van der Waals surface area contributed by atoms with Crippen LogP contribution >= 0.6 is 11.6 Å². The van der Waals surface area contributed by atoms with Gasteiger partial charge < -0.3 is 20.7 Å². The van der Waals surface area contributed by atoms with Crippen molar-refractivity contribution in [3.05, 3.63) is 28.8 Å². The van der Waals surface area contributed by atoms with Crippen molar-refractivity contribution in [1.29, 1.82) is 0 Å². The van der Waals surface area contributed by atoms with E-state index in [-0.39, 0.29) is 5.84 Å². The zero-order chi connectivity index (χ0) is 15.4. The summed E-state index contributed by atoms with van der Waals surface area (Å²) < 4.78 is 0. The fraction of sp³-hybridized carbons (Fsp3) is 0.533. The fourth-order valence-electron chi connectivity index (χ4n) is 2.95. The van der Waals surface area contributed by atoms with Crippen LogP contribution < -0.4 is 10.6 Å². The minimum Gasteiger partial charge on any atom is -0.409 e. The highest BCUT2D eigenvalue weighted by Crippen LogP contribution is 2.30. The molecule has 0 amide bonds. The third kappa shape index (κ3) is 3.80. The van der Waals surface area contributed by atoms with Crippen LogP contribution in [0, 0.1) is 5.92 Å². The lowest BCUT2D eigenvalue weighted by Crippen LogP contribution is -2.38. The van der Waals surface area contributed by atoms with Gasteiger partial charge in [-0.1, -0.05) is 22.8 Å². The van der Waals surface area contributed by atoms with Crippen molar-refractivity contribution in [3.8, 4) is 0 Å². The molecule has 0 spiro atoms. The van der Waals surface area contributed by atoms with E-state index >= 15 is 0 Å². The van der Waals surface area contributed by atoms with E-state index in [9.17, 15) is 0 Å². The monoisotopic (exact) mass is 310 g/mol. The number of nitrogens with two attached hydrogens (primary N) is 1. The maximum absolute atomic E-state index is 8.96. The standard InChI is InChI=1S/C15H23ClN4O/c1-19(2)10-11-6-8-20(9-7-11)13-5-3-4-12(16)14(13)15(17)18-21/h3-5,11,21H,6-10H2,1-2H3,(H2,17,18). The fourth-order valence-corrected chi connectivity index (χ4v) is 3.22. The molecule has 3 N–H and O–H groups in total. The molecule has 1 saturated heterocycles. The molecule has 1 heterocycles. The lowest BCUT2D eigenvalue weighted by molar-refractivity contribution is 0.285. The van der Waals surface area contributed by atoms with Gasteiger partial charge in [-0.3, -0.25) is 0 Å². The molecule has 1 aromatic carbocycles. The number of oxime groups is 1. The van der Waals surface area contributed by atoms with Crippen LogP contribution in [0.15, 0.2) is 23.4 Å². The summed E-state index contributed by atoms with van der Waals surface area (Å²) in [4.78, 5) is 4.51. The molecule has 5 nitrogen and oxygen atoms in total. The number of hydrogen-bond donors (Lipinski definition) is 2. The normalized spacial score (nSPS) is 17.5. The molecule has 116 valence electrons. The van der Waals surface area contributed by atoms with E-state index < -0.39 is 0 Å². The molecule has 0 saturated carbocycles. The summed E-state index contributed by atoms with van der Waals surface area (Å²) in [7, 11) is 4.22. The van der Waals surface area contributed by atoms with E-state index in [1.807, 2.05) is 12.1 Å². The summed E-state index contributed by atoms with van der Waals surface area (Å²) in [6.07, 6.45) is 2.28. The van der Waals surface area contributed by atoms with Gasteiger partial charge in [0.05, 0.1) is 10.6 Å². The van der Waals surface area contributed by atoms with Crippen molar-refractivity contribution in [2.75, 3.05) is 38.6 Å². The van der Waals surface area contributed by atoms with Crippen LogP contribution in [0.2, 0.25) is 5.02 Å². The van der Waals surface area contributed by atoms with Crippen LogP contribution in [0.3, 0.4) is 0 Å². The van der Waals surface area contributed by atoms with Crippen molar-refractivity contribution >= 4 is 23.1 Å². The molecule has 0 atom stereocenters. The lowest BCUT2D eigenvalue weighted by Gasteiger charge is -2.35. The Balaban J connectivity index is 2.15. The maximum Gasteiger partial charge on any atom is 0.173 e. The molecule has 6 heteroatoms. The smallest absolute Gasteiger partial charge is 0.173 e. The van der Waals surface area contributed by atoms with Gasteiger partial charge in [-0.2, -0.15) is 0 Å². The average molecular weight is 311 g/mol. The third-order valence-electron chi connectivity index (χ3n) is 3.93. The first-order valence-electron chi connectivity index (χ1n) is 7.19. The predicted octanol–water partition coefficient (Wildman–Crippen LogP) is 2.21. The Morgan fingerprint density at radius 2 is 2.10 bits per heavy atom. The molecule has 0 bridgehead atoms. The second kappa shape index (κ2) is 7.00. The number of piperidine rings is 1. The second-order valence-corrected chi connectivity index (χ2v) is 6.22. The van der Waals surface area contributed by atoms with Crippen molar-refractivity contribution < 1.29 is 5.21 Å². The number of hydrogen-bond acceptors (Lipinski definition) is 4. The molecular formula is C15H23ClN4O. The molecule has 1 aliphatic heterocycles. The van der Waals surface area contributed by atoms with Gasteiger partial charge in [-0.15, -0.1) is 0 Å². The van der Waals surface area contributed by atoms with Crippen LogP contribution in [0.5, 0.6) is 0 Å². The summed E-state index contributed by atoms with van der Waals surface area (Å²) >= 11 is 6.21. The Kier molecular flexibility index (Phi) is 5.31. The first-order chi connectivity index (χ1) is 10.0. The van der Waals surface area contributed by atoms with Crippen molar-refractivity contribution in [3.63, 3.8) is 0 Å². The lowest BCUT2D eigenvalue weighted by atomic mass is 9.95. The Labute approximate surface area is 131 Å². The predicted molar refractivity (Wildman–Crippen MR) is 87.5 cm³/mol. The number of benzene rings is 1. The first-order valence-corrected chi connectivity index (χ1v) is 7.56. The van der Waals surface area contributed by atoms with Gasteiger partial charge >= 0.3 is 0 Å². The summed E-state index contributed by atoms with van der Waals surface area (Å²) in [6.45, 7) is 3.05. The van der Waals surface area contributed by atoms with E-state index in [0.717, 1.165) is 44.1 Å². The summed E-state index contributed by atoms with van der Waals surface area (Å²) in [5.74, 6) is 0.786. The minimum absolute atomic E-state index is 0.0611. The molecule has 1 aliphatic rings. The molecule has 0 aliphatic carbocycles. The highest BCUT2D eigenvalue weighted by atomic mass is 35.5. The van der Waals surface area contributed by atoms with E-state index in [1.54, 1.807) is 6.07 Å². The van der Waals surface area contributed by atoms with E-state index in [2.05, 4.69) is 29.1 Å². The molecule has 0 unspecified atom stereocenters. The molecule has 1 aromatic rings.